The third-order valence-electron chi connectivity index (χ3n) is 4.33. The number of fused-ring (bicyclic) bond motifs is 2. The molecular formula is C18H18N2O3S. The molecule has 2 heterocycles. The summed E-state index contributed by atoms with van der Waals surface area (Å²) in [7, 11) is 0. The standard InChI is InChI=1S/C18H18N2O3S/c1-11-2-5-16-13(6-11)8-17(24-16)18(21)20-19-9-12-3-4-14-15(7-12)23-10-22-14/h3-4,7-9,11H,2,5-6,10H2,1H3,(H,20,21)/b19-9-/t11-/m0/s1. The number of rotatable bonds is 3. The van der Waals surface area contributed by atoms with Crippen molar-refractivity contribution < 1.29 is 14.3 Å². The van der Waals surface area contributed by atoms with Crippen LogP contribution in [0.2, 0.25) is 0 Å². The van der Waals surface area contributed by atoms with Crippen molar-refractivity contribution in [1.29, 1.82) is 0 Å². The molecular weight excluding hydrogens is 324 g/mol. The zero-order chi connectivity index (χ0) is 16.5. The number of carbonyl (C=O) groups excluding carboxylic acids is 1. The number of nitrogens with zero attached hydrogens (tertiary/aromatic N) is 1. The van der Waals surface area contributed by atoms with Crippen molar-refractivity contribution in [3.05, 3.63) is 45.1 Å². The predicted molar refractivity (Wildman–Crippen MR) is 93.1 cm³/mol. The Bertz CT molecular complexity index is 813. The Hall–Kier alpha value is -2.34. The van der Waals surface area contributed by atoms with Gasteiger partial charge in [-0.25, -0.2) is 5.43 Å². The highest BCUT2D eigenvalue weighted by Gasteiger charge is 2.20. The van der Waals surface area contributed by atoms with Crippen LogP contribution in [0.5, 0.6) is 11.5 Å². The molecule has 1 aromatic carbocycles. The molecule has 1 N–H and O–H groups in total. The Morgan fingerprint density at radius 1 is 1.33 bits per heavy atom. The highest BCUT2D eigenvalue weighted by atomic mass is 32.1. The lowest BCUT2D eigenvalue weighted by molar-refractivity contribution is 0.0959. The number of hydrogen-bond acceptors (Lipinski definition) is 5. The number of hydrogen-bond donors (Lipinski definition) is 1. The van der Waals surface area contributed by atoms with Crippen molar-refractivity contribution in [3.8, 4) is 11.5 Å². The van der Waals surface area contributed by atoms with E-state index in [0.717, 1.165) is 29.0 Å². The predicted octanol–water partition coefficient (Wildman–Crippen LogP) is 3.37. The summed E-state index contributed by atoms with van der Waals surface area (Å²) in [6.45, 7) is 2.50. The summed E-state index contributed by atoms with van der Waals surface area (Å²) >= 11 is 1.59. The van der Waals surface area contributed by atoms with E-state index in [0.29, 0.717) is 11.7 Å². The average molecular weight is 342 g/mol. The number of carbonyl (C=O) groups is 1. The molecule has 0 bridgehead atoms. The fraction of sp³-hybridized carbons (Fsp3) is 0.333. The van der Waals surface area contributed by atoms with E-state index in [1.54, 1.807) is 17.6 Å². The van der Waals surface area contributed by atoms with E-state index in [2.05, 4.69) is 17.5 Å². The molecule has 0 spiro atoms. The van der Waals surface area contributed by atoms with E-state index in [1.165, 1.54) is 16.9 Å². The second-order valence-corrected chi connectivity index (χ2v) is 7.36. The van der Waals surface area contributed by atoms with E-state index in [-0.39, 0.29) is 12.7 Å². The number of benzene rings is 1. The maximum absolute atomic E-state index is 12.3. The van der Waals surface area contributed by atoms with Crippen LogP contribution in [0.1, 0.15) is 39.0 Å². The van der Waals surface area contributed by atoms with Crippen molar-refractivity contribution in [2.45, 2.75) is 26.2 Å². The van der Waals surface area contributed by atoms with Gasteiger partial charge < -0.3 is 9.47 Å². The fourth-order valence-electron chi connectivity index (χ4n) is 3.03. The van der Waals surface area contributed by atoms with Crippen LogP contribution in [-0.2, 0) is 12.8 Å². The van der Waals surface area contributed by atoms with Crippen molar-refractivity contribution in [2.75, 3.05) is 6.79 Å². The summed E-state index contributed by atoms with van der Waals surface area (Å²) < 4.78 is 10.6. The first kappa shape index (κ1) is 15.2. The monoisotopic (exact) mass is 342 g/mol. The van der Waals surface area contributed by atoms with E-state index in [1.807, 2.05) is 24.3 Å². The second kappa shape index (κ2) is 6.28. The molecule has 24 heavy (non-hydrogen) atoms. The number of thiophene rings is 1. The normalized spacial score (nSPS) is 18.6. The minimum absolute atomic E-state index is 0.154. The quantitative estimate of drug-likeness (QED) is 0.687. The van der Waals surface area contributed by atoms with Crippen LogP contribution in [0.25, 0.3) is 0 Å². The Labute approximate surface area is 144 Å². The van der Waals surface area contributed by atoms with Crippen LogP contribution in [0.3, 0.4) is 0 Å². The zero-order valence-corrected chi connectivity index (χ0v) is 14.2. The van der Waals surface area contributed by atoms with Crippen LogP contribution < -0.4 is 14.9 Å². The van der Waals surface area contributed by atoms with Crippen molar-refractivity contribution in [3.63, 3.8) is 0 Å². The molecule has 0 saturated heterocycles. The van der Waals surface area contributed by atoms with Crippen LogP contribution in [0.15, 0.2) is 29.4 Å². The lowest BCUT2D eigenvalue weighted by Crippen LogP contribution is -2.16. The SMILES string of the molecule is C[C@H]1CCc2sc(C(=O)N/N=C\c3ccc4c(c3)OCO4)cc2C1. The highest BCUT2D eigenvalue weighted by Crippen LogP contribution is 2.33. The van der Waals surface area contributed by atoms with E-state index in [9.17, 15) is 4.79 Å². The molecule has 1 atom stereocenters. The van der Waals surface area contributed by atoms with Gasteiger partial charge in [-0.3, -0.25) is 4.79 Å². The van der Waals surface area contributed by atoms with Gasteiger partial charge in [0, 0.05) is 4.88 Å². The van der Waals surface area contributed by atoms with Gasteiger partial charge in [-0.05, 0) is 60.6 Å². The van der Waals surface area contributed by atoms with E-state index >= 15 is 0 Å². The molecule has 1 aromatic heterocycles. The van der Waals surface area contributed by atoms with Gasteiger partial charge in [0.05, 0.1) is 11.1 Å². The third kappa shape index (κ3) is 3.01. The maximum atomic E-state index is 12.3. The molecule has 6 heteroatoms. The van der Waals surface area contributed by atoms with E-state index in [4.69, 9.17) is 9.47 Å². The molecule has 124 valence electrons. The Morgan fingerprint density at radius 2 is 2.21 bits per heavy atom. The Kier molecular flexibility index (Phi) is 3.98. The fourth-order valence-corrected chi connectivity index (χ4v) is 4.13. The summed E-state index contributed by atoms with van der Waals surface area (Å²) in [4.78, 5) is 14.3. The second-order valence-electron chi connectivity index (χ2n) is 6.22. The van der Waals surface area contributed by atoms with Gasteiger partial charge in [-0.1, -0.05) is 6.92 Å². The van der Waals surface area contributed by atoms with Gasteiger partial charge in [-0.15, -0.1) is 11.3 Å². The summed E-state index contributed by atoms with van der Waals surface area (Å²) in [6, 6.07) is 7.55. The van der Waals surface area contributed by atoms with Gasteiger partial charge in [0.1, 0.15) is 0 Å². The van der Waals surface area contributed by atoms with Gasteiger partial charge in [-0.2, -0.15) is 5.10 Å². The third-order valence-corrected chi connectivity index (χ3v) is 5.57. The largest absolute Gasteiger partial charge is 0.454 e. The van der Waals surface area contributed by atoms with Crippen LogP contribution in [0.4, 0.5) is 0 Å². The molecule has 0 unspecified atom stereocenters. The van der Waals surface area contributed by atoms with Crippen molar-refractivity contribution in [1.82, 2.24) is 5.43 Å². The van der Waals surface area contributed by atoms with Crippen molar-refractivity contribution in [2.24, 2.45) is 11.0 Å². The summed E-state index contributed by atoms with van der Waals surface area (Å²) in [5, 5.41) is 4.05. The van der Waals surface area contributed by atoms with Gasteiger partial charge in [0.25, 0.3) is 5.91 Å². The number of amides is 1. The minimum Gasteiger partial charge on any atom is -0.454 e. The topological polar surface area (TPSA) is 59.9 Å². The summed E-state index contributed by atoms with van der Waals surface area (Å²) in [5.74, 6) is 1.98. The summed E-state index contributed by atoms with van der Waals surface area (Å²) in [6.07, 6.45) is 4.96. The lowest BCUT2D eigenvalue weighted by Gasteiger charge is -2.16. The van der Waals surface area contributed by atoms with Crippen molar-refractivity contribution >= 4 is 23.5 Å². The first-order valence-electron chi connectivity index (χ1n) is 8.03. The summed E-state index contributed by atoms with van der Waals surface area (Å²) in [5.41, 5.74) is 4.77. The molecule has 2 aromatic rings. The number of aryl methyl sites for hydroxylation is 1. The van der Waals surface area contributed by atoms with Gasteiger partial charge in [0.2, 0.25) is 6.79 Å². The maximum Gasteiger partial charge on any atom is 0.281 e. The number of hydrazone groups is 1. The molecule has 4 rings (SSSR count). The van der Waals surface area contributed by atoms with Gasteiger partial charge >= 0.3 is 0 Å². The zero-order valence-electron chi connectivity index (χ0n) is 13.4. The molecule has 2 aliphatic rings. The molecule has 1 aliphatic heterocycles. The Balaban J connectivity index is 1.41. The lowest BCUT2D eigenvalue weighted by atomic mass is 9.90. The molecule has 1 amide bonds. The molecule has 0 radical (unpaired) electrons. The average Bonchev–Trinajstić information content (AvgIpc) is 3.20. The molecule has 5 nitrogen and oxygen atoms in total. The number of ether oxygens (including phenoxy) is 2. The van der Waals surface area contributed by atoms with Crippen LogP contribution >= 0.6 is 11.3 Å². The molecule has 0 saturated carbocycles. The van der Waals surface area contributed by atoms with Crippen LogP contribution in [0, 0.1) is 5.92 Å². The Morgan fingerprint density at radius 3 is 3.12 bits per heavy atom. The van der Waals surface area contributed by atoms with E-state index < -0.39 is 0 Å². The number of nitrogens with one attached hydrogen (secondary N) is 1. The van der Waals surface area contributed by atoms with Crippen LogP contribution in [-0.4, -0.2) is 18.9 Å². The molecule has 1 aliphatic carbocycles. The molecule has 0 fully saturated rings. The first-order chi connectivity index (χ1) is 11.7. The van der Waals surface area contributed by atoms with Gasteiger partial charge in [0.15, 0.2) is 11.5 Å². The highest BCUT2D eigenvalue weighted by molar-refractivity contribution is 7.14. The minimum atomic E-state index is -0.154. The smallest absolute Gasteiger partial charge is 0.281 e. The first-order valence-corrected chi connectivity index (χ1v) is 8.85.